The van der Waals surface area contributed by atoms with E-state index in [1.165, 1.54) is 12.1 Å². The van der Waals surface area contributed by atoms with E-state index < -0.39 is 22.0 Å². The van der Waals surface area contributed by atoms with Crippen LogP contribution in [0.3, 0.4) is 0 Å². The summed E-state index contributed by atoms with van der Waals surface area (Å²) in [6.45, 7) is 3.35. The molecule has 1 N–H and O–H groups in total. The summed E-state index contributed by atoms with van der Waals surface area (Å²) in [5.41, 5.74) is 0.495. The van der Waals surface area contributed by atoms with Crippen LogP contribution in [-0.4, -0.2) is 32.3 Å². The lowest BCUT2D eigenvalue weighted by Gasteiger charge is -2.31. The number of carbonyl (C=O) groups excluding carboxylic acids is 1. The number of fused-ring (bicyclic) bond motifs is 1. The molecule has 6 nitrogen and oxygen atoms in total. The summed E-state index contributed by atoms with van der Waals surface area (Å²) in [7, 11) is -3.26. The van der Waals surface area contributed by atoms with Gasteiger partial charge in [-0.1, -0.05) is 19.1 Å². The largest absolute Gasteiger partial charge is 0.482 e. The van der Waals surface area contributed by atoms with Gasteiger partial charge in [-0.2, -0.15) is 0 Å². The van der Waals surface area contributed by atoms with E-state index in [4.69, 9.17) is 9.47 Å². The van der Waals surface area contributed by atoms with Crippen molar-refractivity contribution in [3.63, 3.8) is 0 Å². The Hall–Kier alpha value is -2.54. The Bertz CT molecular complexity index is 877. The molecule has 132 valence electrons. The van der Waals surface area contributed by atoms with Crippen LogP contribution >= 0.6 is 0 Å². The molecule has 0 bridgehead atoms. The first-order valence-corrected chi connectivity index (χ1v) is 9.62. The van der Waals surface area contributed by atoms with Gasteiger partial charge in [-0.15, -0.1) is 0 Å². The van der Waals surface area contributed by atoms with Crippen LogP contribution in [0.4, 0.5) is 5.69 Å². The Morgan fingerprint density at radius 2 is 1.64 bits per heavy atom. The molecule has 0 saturated carbocycles. The van der Waals surface area contributed by atoms with Crippen molar-refractivity contribution in [2.75, 3.05) is 11.1 Å². The summed E-state index contributed by atoms with van der Waals surface area (Å²) in [5.74, 6) is 0.800. The van der Waals surface area contributed by atoms with Gasteiger partial charge >= 0.3 is 0 Å². The van der Waals surface area contributed by atoms with E-state index in [-0.39, 0.29) is 16.6 Å². The molecule has 3 rings (SSSR count). The molecule has 2 aromatic carbocycles. The Morgan fingerprint density at radius 1 is 1.04 bits per heavy atom. The van der Waals surface area contributed by atoms with Gasteiger partial charge < -0.3 is 14.8 Å². The smallest absolute Gasteiger partial charge is 0.269 e. The van der Waals surface area contributed by atoms with Gasteiger partial charge in [0.25, 0.3) is 5.91 Å². The number of ether oxygens (including phenoxy) is 2. The maximum atomic E-state index is 12.5. The van der Waals surface area contributed by atoms with Gasteiger partial charge in [0.2, 0.25) is 6.10 Å². The zero-order valence-corrected chi connectivity index (χ0v) is 14.7. The third-order valence-corrected chi connectivity index (χ3v) is 5.71. The number of rotatable bonds is 4. The highest BCUT2D eigenvalue weighted by Crippen LogP contribution is 2.33. The van der Waals surface area contributed by atoms with Crippen molar-refractivity contribution >= 4 is 21.4 Å². The van der Waals surface area contributed by atoms with E-state index in [0.29, 0.717) is 17.2 Å². The average Bonchev–Trinajstić information content (AvgIpc) is 2.61. The number of anilines is 1. The van der Waals surface area contributed by atoms with Crippen molar-refractivity contribution in [3.8, 4) is 11.5 Å². The molecule has 0 saturated heterocycles. The van der Waals surface area contributed by atoms with Gasteiger partial charge in [0.15, 0.2) is 21.3 Å². The van der Waals surface area contributed by atoms with Crippen LogP contribution in [0.15, 0.2) is 53.4 Å². The van der Waals surface area contributed by atoms with Crippen LogP contribution in [-0.2, 0) is 14.6 Å². The summed E-state index contributed by atoms with van der Waals surface area (Å²) < 4.78 is 35.1. The third-order valence-electron chi connectivity index (χ3n) is 3.96. The Balaban J connectivity index is 1.72. The second kappa shape index (κ2) is 6.76. The number of sulfone groups is 1. The molecular formula is C18H19NO5S. The van der Waals surface area contributed by atoms with E-state index in [2.05, 4.69) is 5.32 Å². The summed E-state index contributed by atoms with van der Waals surface area (Å²) in [6, 6.07) is 13.2. The fraction of sp³-hybridized carbons (Fsp3) is 0.278. The molecule has 25 heavy (non-hydrogen) atoms. The average molecular weight is 361 g/mol. The molecule has 0 unspecified atom stereocenters. The number of amides is 1. The molecule has 2 atom stereocenters. The van der Waals surface area contributed by atoms with E-state index in [0.717, 1.165) is 0 Å². The molecule has 0 spiro atoms. The van der Waals surface area contributed by atoms with E-state index in [1.54, 1.807) is 44.2 Å². The van der Waals surface area contributed by atoms with E-state index in [9.17, 15) is 13.2 Å². The minimum atomic E-state index is -3.26. The molecule has 0 aromatic heterocycles. The van der Waals surface area contributed by atoms with Crippen LogP contribution in [0.25, 0.3) is 0 Å². The molecule has 2 aromatic rings. The fourth-order valence-corrected chi connectivity index (χ4v) is 3.42. The second-order valence-corrected chi connectivity index (χ2v) is 8.00. The van der Waals surface area contributed by atoms with Crippen molar-refractivity contribution in [3.05, 3.63) is 48.5 Å². The van der Waals surface area contributed by atoms with Crippen LogP contribution in [0.2, 0.25) is 0 Å². The number of nitrogens with one attached hydrogen (secondary N) is 1. The molecular weight excluding hydrogens is 342 g/mol. The third kappa shape index (κ3) is 3.61. The van der Waals surface area contributed by atoms with Crippen molar-refractivity contribution in [2.24, 2.45) is 0 Å². The Morgan fingerprint density at radius 3 is 2.24 bits per heavy atom. The maximum Gasteiger partial charge on any atom is 0.269 e. The molecule has 0 radical (unpaired) electrons. The highest BCUT2D eigenvalue weighted by Gasteiger charge is 2.34. The van der Waals surface area contributed by atoms with Crippen LogP contribution in [0.5, 0.6) is 11.5 Å². The van der Waals surface area contributed by atoms with Crippen LogP contribution in [0.1, 0.15) is 13.8 Å². The first kappa shape index (κ1) is 17.3. The molecule has 1 heterocycles. The van der Waals surface area contributed by atoms with Crippen molar-refractivity contribution < 1.29 is 22.7 Å². The SMILES string of the molecule is CCS(=O)(=O)c1ccc(NC(=O)[C@H]2Oc3ccccc3O[C@H]2C)cc1. The van der Waals surface area contributed by atoms with Gasteiger partial charge in [0.1, 0.15) is 6.10 Å². The summed E-state index contributed by atoms with van der Waals surface area (Å²) in [4.78, 5) is 12.7. The molecule has 1 amide bonds. The molecule has 0 aliphatic carbocycles. The number of hydrogen-bond acceptors (Lipinski definition) is 5. The van der Waals surface area contributed by atoms with Gasteiger partial charge in [-0.3, -0.25) is 4.79 Å². The molecule has 1 aliphatic heterocycles. The first-order valence-electron chi connectivity index (χ1n) is 7.97. The summed E-state index contributed by atoms with van der Waals surface area (Å²) >= 11 is 0. The maximum absolute atomic E-state index is 12.5. The predicted octanol–water partition coefficient (Wildman–Crippen LogP) is 2.65. The monoisotopic (exact) mass is 361 g/mol. The minimum absolute atomic E-state index is 0.0306. The first-order chi connectivity index (χ1) is 11.9. The van der Waals surface area contributed by atoms with Crippen LogP contribution in [0, 0.1) is 0 Å². The van der Waals surface area contributed by atoms with Crippen molar-refractivity contribution in [2.45, 2.75) is 31.0 Å². The van der Waals surface area contributed by atoms with Gasteiger partial charge in [0, 0.05) is 5.69 Å². The molecule has 0 fully saturated rings. The molecule has 1 aliphatic rings. The zero-order valence-electron chi connectivity index (χ0n) is 13.9. The highest BCUT2D eigenvalue weighted by molar-refractivity contribution is 7.91. The van der Waals surface area contributed by atoms with Crippen LogP contribution < -0.4 is 14.8 Å². The predicted molar refractivity (Wildman–Crippen MR) is 93.7 cm³/mol. The molecule has 7 heteroatoms. The van der Waals surface area contributed by atoms with Crippen molar-refractivity contribution in [1.29, 1.82) is 0 Å². The number of carbonyl (C=O) groups is 1. The van der Waals surface area contributed by atoms with E-state index in [1.807, 2.05) is 6.07 Å². The highest BCUT2D eigenvalue weighted by atomic mass is 32.2. The normalized spacial score (nSPS) is 19.3. The van der Waals surface area contributed by atoms with Gasteiger partial charge in [-0.05, 0) is 43.3 Å². The second-order valence-electron chi connectivity index (χ2n) is 5.73. The fourth-order valence-electron chi connectivity index (χ4n) is 2.53. The topological polar surface area (TPSA) is 81.7 Å². The number of para-hydroxylation sites is 2. The van der Waals surface area contributed by atoms with E-state index >= 15 is 0 Å². The summed E-state index contributed by atoms with van der Waals surface area (Å²) in [6.07, 6.45) is -1.25. The lowest BCUT2D eigenvalue weighted by molar-refractivity contribution is -0.128. The minimum Gasteiger partial charge on any atom is -0.482 e. The lowest BCUT2D eigenvalue weighted by atomic mass is 10.1. The summed E-state index contributed by atoms with van der Waals surface area (Å²) in [5, 5.41) is 2.73. The Labute approximate surface area is 146 Å². The quantitative estimate of drug-likeness (QED) is 0.905. The zero-order chi connectivity index (χ0) is 18.0. The van der Waals surface area contributed by atoms with Crippen molar-refractivity contribution in [1.82, 2.24) is 0 Å². The number of hydrogen-bond donors (Lipinski definition) is 1. The van der Waals surface area contributed by atoms with Gasteiger partial charge in [0.05, 0.1) is 10.6 Å². The lowest BCUT2D eigenvalue weighted by Crippen LogP contribution is -2.46. The standard InChI is InChI=1S/C18H19NO5S/c1-3-25(21,22)14-10-8-13(9-11-14)19-18(20)17-12(2)23-15-6-4-5-7-16(15)24-17/h4-12,17H,3H2,1-2H3,(H,19,20)/t12-,17-/m0/s1. The number of benzene rings is 2. The van der Waals surface area contributed by atoms with Gasteiger partial charge in [-0.25, -0.2) is 8.42 Å². The Kier molecular flexibility index (Phi) is 4.67.